The summed E-state index contributed by atoms with van der Waals surface area (Å²) in [6.45, 7) is 6.01. The van der Waals surface area contributed by atoms with E-state index in [1.165, 1.54) is 17.3 Å². The summed E-state index contributed by atoms with van der Waals surface area (Å²) in [5.74, 6) is 0.529. The van der Waals surface area contributed by atoms with E-state index >= 15 is 0 Å². The molecule has 104 valence electrons. The zero-order chi connectivity index (χ0) is 14.7. The number of nitrogens with zero attached hydrogens (tertiary/aromatic N) is 1. The topological polar surface area (TPSA) is 30.0 Å². The van der Waals surface area contributed by atoms with Gasteiger partial charge in [0.2, 0.25) is 0 Å². The van der Waals surface area contributed by atoms with Gasteiger partial charge in [-0.25, -0.2) is 4.98 Å². The molecule has 1 heterocycles. The van der Waals surface area contributed by atoms with Gasteiger partial charge in [0.1, 0.15) is 0 Å². The maximum absolute atomic E-state index is 12.4. The predicted octanol–water partition coefficient (Wildman–Crippen LogP) is 4.64. The Morgan fingerprint density at radius 1 is 1.20 bits per heavy atom. The molecule has 0 amide bonds. The molecule has 0 aliphatic carbocycles. The lowest BCUT2D eigenvalue weighted by Crippen LogP contribution is -2.08. The Bertz CT molecular complexity index is 614. The number of carbonyl (C=O) groups is 1. The zero-order valence-electron chi connectivity index (χ0n) is 11.7. The lowest BCUT2D eigenvalue weighted by Gasteiger charge is -2.10. The first kappa shape index (κ1) is 15.1. The van der Waals surface area contributed by atoms with Gasteiger partial charge in [0.15, 0.2) is 5.78 Å². The summed E-state index contributed by atoms with van der Waals surface area (Å²) >= 11 is 7.22. The van der Waals surface area contributed by atoms with Crippen LogP contribution in [-0.2, 0) is 0 Å². The van der Waals surface area contributed by atoms with Gasteiger partial charge in [0.05, 0.1) is 15.8 Å². The molecule has 0 bridgehead atoms. The van der Waals surface area contributed by atoms with Crippen LogP contribution in [0.3, 0.4) is 0 Å². The van der Waals surface area contributed by atoms with Crippen molar-refractivity contribution in [1.82, 2.24) is 4.98 Å². The van der Waals surface area contributed by atoms with Crippen LogP contribution in [0.25, 0.3) is 0 Å². The Morgan fingerprint density at radius 3 is 2.40 bits per heavy atom. The second-order valence-corrected chi connectivity index (χ2v) is 6.23. The second-order valence-electron chi connectivity index (χ2n) is 4.80. The normalized spacial score (nSPS) is 10.6. The van der Waals surface area contributed by atoms with Gasteiger partial charge in [-0.15, -0.1) is 0 Å². The van der Waals surface area contributed by atoms with Crippen LogP contribution >= 0.6 is 23.4 Å². The number of pyridine rings is 1. The highest BCUT2D eigenvalue weighted by molar-refractivity contribution is 7.99. The molecule has 0 aliphatic rings. The average molecular weight is 306 g/mol. The highest BCUT2D eigenvalue weighted by atomic mass is 35.5. The molecular weight excluding hydrogens is 290 g/mol. The van der Waals surface area contributed by atoms with Crippen molar-refractivity contribution < 1.29 is 4.79 Å². The molecular formula is C16H16ClNOS. The Balaban J connectivity index is 2.11. The number of hydrogen-bond donors (Lipinski definition) is 0. The maximum atomic E-state index is 12.4. The molecule has 0 spiro atoms. The van der Waals surface area contributed by atoms with E-state index in [9.17, 15) is 4.79 Å². The highest BCUT2D eigenvalue weighted by Gasteiger charge is 2.13. The molecule has 0 saturated carbocycles. The van der Waals surface area contributed by atoms with E-state index in [1.807, 2.05) is 39.0 Å². The van der Waals surface area contributed by atoms with Gasteiger partial charge in [0.25, 0.3) is 0 Å². The molecule has 0 atom stereocenters. The molecule has 2 aromatic rings. The minimum Gasteiger partial charge on any atom is -0.293 e. The van der Waals surface area contributed by atoms with Crippen LogP contribution in [0, 0.1) is 20.8 Å². The van der Waals surface area contributed by atoms with Crippen LogP contribution in [0.4, 0.5) is 0 Å². The smallest absolute Gasteiger partial charge is 0.173 e. The summed E-state index contributed by atoms with van der Waals surface area (Å²) in [5, 5.41) is 1.41. The fourth-order valence-electron chi connectivity index (χ4n) is 2.28. The summed E-state index contributed by atoms with van der Waals surface area (Å²) in [7, 11) is 0. The van der Waals surface area contributed by atoms with Gasteiger partial charge in [-0.1, -0.05) is 41.1 Å². The Hall–Kier alpha value is -1.32. The quantitative estimate of drug-likeness (QED) is 0.609. The molecule has 1 aromatic heterocycles. The molecule has 1 aromatic carbocycles. The first-order valence-electron chi connectivity index (χ1n) is 6.33. The zero-order valence-corrected chi connectivity index (χ0v) is 13.3. The average Bonchev–Trinajstić information content (AvgIpc) is 2.37. The van der Waals surface area contributed by atoms with E-state index in [-0.39, 0.29) is 5.78 Å². The number of Topliss-reactive ketones (excluding diaryl/α,β-unsaturated/α-hetero) is 1. The molecule has 0 saturated heterocycles. The molecule has 0 fully saturated rings. The summed E-state index contributed by atoms with van der Waals surface area (Å²) in [5.41, 5.74) is 4.09. The van der Waals surface area contributed by atoms with Gasteiger partial charge in [-0.2, -0.15) is 0 Å². The summed E-state index contributed by atoms with van der Waals surface area (Å²) in [6, 6.07) is 7.70. The molecule has 2 rings (SSSR count). The molecule has 0 radical (unpaired) electrons. The minimum atomic E-state index is 0.141. The Labute approximate surface area is 128 Å². The fourth-order valence-corrected chi connectivity index (χ4v) is 3.11. The van der Waals surface area contributed by atoms with E-state index in [2.05, 4.69) is 4.98 Å². The summed E-state index contributed by atoms with van der Waals surface area (Å²) in [4.78, 5) is 16.5. The van der Waals surface area contributed by atoms with Crippen molar-refractivity contribution in [2.75, 3.05) is 5.75 Å². The summed E-state index contributed by atoms with van der Waals surface area (Å²) < 4.78 is 0. The Morgan fingerprint density at radius 2 is 1.85 bits per heavy atom. The van der Waals surface area contributed by atoms with Crippen molar-refractivity contribution in [3.63, 3.8) is 0 Å². The number of ketones is 1. The molecule has 0 N–H and O–H groups in total. The van der Waals surface area contributed by atoms with Crippen molar-refractivity contribution in [3.8, 4) is 0 Å². The van der Waals surface area contributed by atoms with E-state index in [4.69, 9.17) is 11.6 Å². The number of benzene rings is 1. The lowest BCUT2D eigenvalue weighted by atomic mass is 9.97. The number of halogens is 1. The maximum Gasteiger partial charge on any atom is 0.173 e. The van der Waals surface area contributed by atoms with E-state index < -0.39 is 0 Å². The third kappa shape index (κ3) is 3.62. The van der Waals surface area contributed by atoms with Crippen LogP contribution in [0.2, 0.25) is 5.02 Å². The number of thioether (sulfide) groups is 1. The minimum absolute atomic E-state index is 0.141. The van der Waals surface area contributed by atoms with Crippen molar-refractivity contribution in [2.24, 2.45) is 0 Å². The first-order chi connectivity index (χ1) is 9.47. The van der Waals surface area contributed by atoms with Gasteiger partial charge >= 0.3 is 0 Å². The standard InChI is InChI=1S/C16H16ClNOS/c1-10-6-11(2)16(12(3)7-10)14(19)9-20-15-5-4-13(17)8-18-15/h4-8H,9H2,1-3H3. The number of aromatic nitrogens is 1. The van der Waals surface area contributed by atoms with Crippen molar-refractivity contribution >= 4 is 29.1 Å². The van der Waals surface area contributed by atoms with Gasteiger partial charge in [-0.05, 0) is 44.0 Å². The fraction of sp³-hybridized carbons (Fsp3) is 0.250. The Kier molecular flexibility index (Phi) is 4.84. The molecule has 0 aliphatic heterocycles. The van der Waals surface area contributed by atoms with Crippen LogP contribution in [-0.4, -0.2) is 16.5 Å². The number of rotatable bonds is 4. The molecule has 2 nitrogen and oxygen atoms in total. The molecule has 4 heteroatoms. The number of aryl methyl sites for hydroxylation is 3. The summed E-state index contributed by atoms with van der Waals surface area (Å²) in [6.07, 6.45) is 1.59. The number of carbonyl (C=O) groups excluding carboxylic acids is 1. The van der Waals surface area contributed by atoms with Crippen LogP contribution in [0.15, 0.2) is 35.5 Å². The van der Waals surface area contributed by atoms with Crippen molar-refractivity contribution in [2.45, 2.75) is 25.8 Å². The molecule has 0 unspecified atom stereocenters. The second kappa shape index (κ2) is 6.42. The lowest BCUT2D eigenvalue weighted by molar-refractivity contribution is 0.102. The third-order valence-corrected chi connectivity index (χ3v) is 4.17. The highest BCUT2D eigenvalue weighted by Crippen LogP contribution is 2.22. The van der Waals surface area contributed by atoms with E-state index in [0.717, 1.165) is 21.7 Å². The van der Waals surface area contributed by atoms with Crippen LogP contribution in [0.1, 0.15) is 27.0 Å². The third-order valence-electron chi connectivity index (χ3n) is 3.01. The molecule has 20 heavy (non-hydrogen) atoms. The largest absolute Gasteiger partial charge is 0.293 e. The van der Waals surface area contributed by atoms with Gasteiger partial charge in [0, 0.05) is 11.8 Å². The van der Waals surface area contributed by atoms with Gasteiger partial charge < -0.3 is 0 Å². The SMILES string of the molecule is Cc1cc(C)c(C(=O)CSc2ccc(Cl)cn2)c(C)c1. The number of hydrogen-bond acceptors (Lipinski definition) is 3. The van der Waals surface area contributed by atoms with Crippen LogP contribution in [0.5, 0.6) is 0 Å². The van der Waals surface area contributed by atoms with Crippen LogP contribution < -0.4 is 0 Å². The first-order valence-corrected chi connectivity index (χ1v) is 7.69. The predicted molar refractivity (Wildman–Crippen MR) is 85.0 cm³/mol. The van der Waals surface area contributed by atoms with E-state index in [1.54, 1.807) is 12.3 Å². The van der Waals surface area contributed by atoms with E-state index in [0.29, 0.717) is 10.8 Å². The van der Waals surface area contributed by atoms with Crippen molar-refractivity contribution in [1.29, 1.82) is 0 Å². The van der Waals surface area contributed by atoms with Crippen molar-refractivity contribution in [3.05, 3.63) is 57.7 Å². The monoisotopic (exact) mass is 305 g/mol. The van der Waals surface area contributed by atoms with Gasteiger partial charge in [-0.3, -0.25) is 4.79 Å².